The van der Waals surface area contributed by atoms with Gasteiger partial charge in [-0.15, -0.1) is 0 Å². The Labute approximate surface area is 129 Å². The number of rotatable bonds is 5. The van der Waals surface area contributed by atoms with E-state index in [0.29, 0.717) is 11.3 Å². The van der Waals surface area contributed by atoms with Crippen molar-refractivity contribution in [3.63, 3.8) is 0 Å². The summed E-state index contributed by atoms with van der Waals surface area (Å²) in [6.45, 7) is 4.58. The lowest BCUT2D eigenvalue weighted by atomic mass is 10.0. The number of carboxylic acids is 1. The van der Waals surface area contributed by atoms with Crippen LogP contribution in [0.15, 0.2) is 24.3 Å². The molecule has 0 fully saturated rings. The Morgan fingerprint density at radius 1 is 1.41 bits per heavy atom. The van der Waals surface area contributed by atoms with Gasteiger partial charge in [0, 0.05) is 5.56 Å². The van der Waals surface area contributed by atoms with Crippen LogP contribution in [-0.4, -0.2) is 47.7 Å². The summed E-state index contributed by atoms with van der Waals surface area (Å²) >= 11 is 0. The first-order chi connectivity index (χ1) is 10.5. The number of carbonyl (C=O) groups excluding carboxylic acids is 1. The molecular weight excluding hydrogens is 286 g/mol. The number of hydrogen-bond donors (Lipinski definition) is 1. The molecule has 1 heterocycles. The molecule has 0 saturated carbocycles. The third-order valence-electron chi connectivity index (χ3n) is 3.44. The van der Waals surface area contributed by atoms with Crippen LogP contribution >= 0.6 is 0 Å². The van der Waals surface area contributed by atoms with Gasteiger partial charge in [-0.2, -0.15) is 0 Å². The van der Waals surface area contributed by atoms with Crippen molar-refractivity contribution in [2.24, 2.45) is 0 Å². The first-order valence-corrected chi connectivity index (χ1v) is 7.36. The van der Waals surface area contributed by atoms with Gasteiger partial charge in [0.25, 0.3) is 0 Å². The molecule has 0 radical (unpaired) electrons. The summed E-state index contributed by atoms with van der Waals surface area (Å²) < 4.78 is 10.9. The van der Waals surface area contributed by atoms with Crippen molar-refractivity contribution in [3.05, 3.63) is 29.8 Å². The second kappa shape index (κ2) is 7.26. The Kier molecular flexibility index (Phi) is 5.38. The molecule has 120 valence electrons. The molecular formula is C16H21NO5. The number of benzene rings is 1. The topological polar surface area (TPSA) is 76.1 Å². The Bertz CT molecular complexity index is 543. The zero-order valence-corrected chi connectivity index (χ0v) is 12.8. The van der Waals surface area contributed by atoms with Crippen LogP contribution in [0.4, 0.5) is 0 Å². The first kappa shape index (κ1) is 16.3. The van der Waals surface area contributed by atoms with Crippen LogP contribution in [0.25, 0.3) is 0 Å². The van der Waals surface area contributed by atoms with Crippen LogP contribution in [-0.2, 0) is 14.3 Å². The average Bonchev–Trinajstić information content (AvgIpc) is 2.65. The highest BCUT2D eigenvalue weighted by atomic mass is 16.5. The second-order valence-electron chi connectivity index (χ2n) is 5.38. The molecule has 0 saturated heterocycles. The van der Waals surface area contributed by atoms with Gasteiger partial charge in [-0.05, 0) is 19.9 Å². The maximum absolute atomic E-state index is 12.4. The fourth-order valence-electron chi connectivity index (χ4n) is 2.45. The Morgan fingerprint density at radius 2 is 2.14 bits per heavy atom. The van der Waals surface area contributed by atoms with Crippen molar-refractivity contribution < 1.29 is 24.2 Å². The number of carbonyl (C=O) groups is 2. The number of para-hydroxylation sites is 1. The molecule has 2 rings (SSSR count). The van der Waals surface area contributed by atoms with Gasteiger partial charge in [-0.25, -0.2) is 4.79 Å². The average molecular weight is 307 g/mol. The standard InChI is InChI=1S/C16H21NO5/c1-11(2)21-9-7-14(18)17-8-10-22-13-6-4-3-5-12(13)15(17)16(19)20/h3-6,11,15H,7-10H2,1-2H3,(H,19,20). The van der Waals surface area contributed by atoms with Crippen molar-refractivity contribution in [1.82, 2.24) is 4.90 Å². The van der Waals surface area contributed by atoms with Gasteiger partial charge in [0.2, 0.25) is 5.91 Å². The van der Waals surface area contributed by atoms with Crippen molar-refractivity contribution in [3.8, 4) is 5.75 Å². The molecule has 1 unspecified atom stereocenters. The lowest BCUT2D eigenvalue weighted by Gasteiger charge is -2.27. The van der Waals surface area contributed by atoms with E-state index in [1.807, 2.05) is 13.8 Å². The first-order valence-electron chi connectivity index (χ1n) is 7.36. The van der Waals surface area contributed by atoms with Gasteiger partial charge in [0.1, 0.15) is 12.4 Å². The molecule has 1 aliphatic rings. The van der Waals surface area contributed by atoms with Crippen LogP contribution in [0.3, 0.4) is 0 Å². The van der Waals surface area contributed by atoms with Gasteiger partial charge < -0.3 is 19.5 Å². The molecule has 0 aromatic heterocycles. The largest absolute Gasteiger partial charge is 0.491 e. The smallest absolute Gasteiger partial charge is 0.331 e. The predicted molar refractivity (Wildman–Crippen MR) is 79.7 cm³/mol. The number of ether oxygens (including phenoxy) is 2. The minimum Gasteiger partial charge on any atom is -0.491 e. The summed E-state index contributed by atoms with van der Waals surface area (Å²) in [5.41, 5.74) is 0.505. The van der Waals surface area contributed by atoms with Crippen molar-refractivity contribution in [1.29, 1.82) is 0 Å². The molecule has 0 spiro atoms. The highest BCUT2D eigenvalue weighted by Gasteiger charge is 2.34. The Hall–Kier alpha value is -2.08. The number of amides is 1. The van der Waals surface area contributed by atoms with E-state index < -0.39 is 12.0 Å². The number of fused-ring (bicyclic) bond motifs is 1. The monoisotopic (exact) mass is 307 g/mol. The summed E-state index contributed by atoms with van der Waals surface area (Å²) in [6, 6.07) is 5.91. The fourth-order valence-corrected chi connectivity index (χ4v) is 2.45. The minimum absolute atomic E-state index is 0.0382. The van der Waals surface area contributed by atoms with Crippen molar-refractivity contribution in [2.75, 3.05) is 19.8 Å². The highest BCUT2D eigenvalue weighted by molar-refractivity contribution is 5.85. The molecule has 6 nitrogen and oxygen atoms in total. The maximum atomic E-state index is 12.4. The second-order valence-corrected chi connectivity index (χ2v) is 5.38. The zero-order chi connectivity index (χ0) is 16.1. The van der Waals surface area contributed by atoms with E-state index in [9.17, 15) is 14.7 Å². The van der Waals surface area contributed by atoms with Crippen LogP contribution in [0, 0.1) is 0 Å². The van der Waals surface area contributed by atoms with Crippen LogP contribution in [0.5, 0.6) is 5.75 Å². The van der Waals surface area contributed by atoms with Gasteiger partial charge in [-0.1, -0.05) is 18.2 Å². The SMILES string of the molecule is CC(C)OCCC(=O)N1CCOc2ccccc2C1C(=O)O. The zero-order valence-electron chi connectivity index (χ0n) is 12.8. The fraction of sp³-hybridized carbons (Fsp3) is 0.500. The number of aliphatic carboxylic acids is 1. The number of carboxylic acid groups (broad SMARTS) is 1. The van der Waals surface area contributed by atoms with Crippen molar-refractivity contribution in [2.45, 2.75) is 32.4 Å². The van der Waals surface area contributed by atoms with Gasteiger partial charge in [0.15, 0.2) is 6.04 Å². The van der Waals surface area contributed by atoms with E-state index in [-0.39, 0.29) is 38.2 Å². The molecule has 6 heteroatoms. The van der Waals surface area contributed by atoms with Gasteiger partial charge in [0.05, 0.1) is 25.7 Å². The van der Waals surface area contributed by atoms with Crippen LogP contribution in [0.2, 0.25) is 0 Å². The molecule has 1 aromatic carbocycles. The van der Waals surface area contributed by atoms with Crippen LogP contribution < -0.4 is 4.74 Å². The summed E-state index contributed by atoms with van der Waals surface area (Å²) in [7, 11) is 0. The molecule has 22 heavy (non-hydrogen) atoms. The molecule has 1 aromatic rings. The molecule has 1 aliphatic heterocycles. The number of nitrogens with zero attached hydrogens (tertiary/aromatic N) is 1. The summed E-state index contributed by atoms with van der Waals surface area (Å²) in [5, 5.41) is 9.56. The van der Waals surface area contributed by atoms with Gasteiger partial charge >= 0.3 is 5.97 Å². The molecule has 1 N–H and O–H groups in total. The Balaban J connectivity index is 2.19. The molecule has 0 bridgehead atoms. The minimum atomic E-state index is -1.06. The highest BCUT2D eigenvalue weighted by Crippen LogP contribution is 2.32. The van der Waals surface area contributed by atoms with Gasteiger partial charge in [-0.3, -0.25) is 4.79 Å². The summed E-state index contributed by atoms with van der Waals surface area (Å²) in [4.78, 5) is 25.4. The van der Waals surface area contributed by atoms with E-state index in [4.69, 9.17) is 9.47 Å². The van der Waals surface area contributed by atoms with E-state index in [2.05, 4.69) is 0 Å². The van der Waals surface area contributed by atoms with E-state index in [0.717, 1.165) is 0 Å². The maximum Gasteiger partial charge on any atom is 0.331 e. The third-order valence-corrected chi connectivity index (χ3v) is 3.44. The van der Waals surface area contributed by atoms with E-state index in [1.54, 1.807) is 24.3 Å². The molecule has 1 amide bonds. The normalized spacial score (nSPS) is 17.6. The lowest BCUT2D eigenvalue weighted by molar-refractivity contribution is -0.151. The number of hydrogen-bond acceptors (Lipinski definition) is 4. The molecule has 0 aliphatic carbocycles. The molecule has 1 atom stereocenters. The Morgan fingerprint density at radius 3 is 2.82 bits per heavy atom. The summed E-state index contributed by atoms with van der Waals surface area (Å²) in [6.07, 6.45) is 0.195. The van der Waals surface area contributed by atoms with E-state index >= 15 is 0 Å². The summed E-state index contributed by atoms with van der Waals surface area (Å²) in [5.74, 6) is -0.784. The third kappa shape index (κ3) is 3.76. The quantitative estimate of drug-likeness (QED) is 0.898. The van der Waals surface area contributed by atoms with Crippen LogP contribution in [0.1, 0.15) is 31.9 Å². The predicted octanol–water partition coefficient (Wildman–Crippen LogP) is 1.85. The van der Waals surface area contributed by atoms with Crippen molar-refractivity contribution >= 4 is 11.9 Å². The lowest BCUT2D eigenvalue weighted by Crippen LogP contribution is -2.40. The van der Waals surface area contributed by atoms with E-state index in [1.165, 1.54) is 4.90 Å².